The van der Waals surface area contributed by atoms with Gasteiger partial charge in [-0.15, -0.1) is 0 Å². The second kappa shape index (κ2) is 4.70. The second-order valence-corrected chi connectivity index (χ2v) is 4.50. The van der Waals surface area contributed by atoms with Gasteiger partial charge in [0.05, 0.1) is 5.39 Å². The Hall–Kier alpha value is -2.82. The van der Waals surface area contributed by atoms with Gasteiger partial charge in [-0.3, -0.25) is 4.79 Å². The van der Waals surface area contributed by atoms with Crippen molar-refractivity contribution in [3.8, 4) is 11.5 Å². The molecule has 2 heterocycles. The first-order chi connectivity index (χ1) is 9.65. The fourth-order valence-corrected chi connectivity index (χ4v) is 2.01. The van der Waals surface area contributed by atoms with Gasteiger partial charge in [-0.25, -0.2) is 4.98 Å². The minimum atomic E-state index is -0.476. The highest BCUT2D eigenvalue weighted by molar-refractivity contribution is 5.93. The van der Waals surface area contributed by atoms with Crippen LogP contribution < -0.4 is 10.5 Å². The van der Waals surface area contributed by atoms with Crippen LogP contribution in [0.4, 0.5) is 0 Å². The molecule has 0 saturated carbocycles. The molecule has 0 aliphatic rings. The summed E-state index contributed by atoms with van der Waals surface area (Å²) in [5.41, 5.74) is 7.39. The Bertz CT molecular complexity index is 793. The van der Waals surface area contributed by atoms with E-state index in [1.54, 1.807) is 30.6 Å². The zero-order chi connectivity index (χ0) is 14.1. The number of aromatic amines is 1. The zero-order valence-corrected chi connectivity index (χ0v) is 10.9. The smallest absolute Gasteiger partial charge is 0.248 e. The van der Waals surface area contributed by atoms with Crippen LogP contribution in [0.25, 0.3) is 11.0 Å². The molecule has 20 heavy (non-hydrogen) atoms. The molecule has 5 heteroatoms. The van der Waals surface area contributed by atoms with Crippen LogP contribution >= 0.6 is 0 Å². The Morgan fingerprint density at radius 3 is 2.90 bits per heavy atom. The summed E-state index contributed by atoms with van der Waals surface area (Å²) < 4.78 is 5.90. The summed E-state index contributed by atoms with van der Waals surface area (Å²) in [6, 6.07) is 8.82. The van der Waals surface area contributed by atoms with Crippen LogP contribution in [0.15, 0.2) is 42.7 Å². The summed E-state index contributed by atoms with van der Waals surface area (Å²) >= 11 is 0. The molecule has 0 aliphatic carbocycles. The number of benzene rings is 1. The highest BCUT2D eigenvalue weighted by Crippen LogP contribution is 2.30. The van der Waals surface area contributed by atoms with Gasteiger partial charge in [0.25, 0.3) is 0 Å². The first kappa shape index (κ1) is 12.2. The first-order valence-corrected chi connectivity index (χ1v) is 6.15. The Morgan fingerprint density at radius 1 is 1.25 bits per heavy atom. The van der Waals surface area contributed by atoms with E-state index in [1.165, 1.54) is 0 Å². The summed E-state index contributed by atoms with van der Waals surface area (Å²) in [5, 5.41) is 0.886. The molecule has 0 atom stereocenters. The minimum Gasteiger partial charge on any atom is -0.456 e. The number of primary amides is 1. The van der Waals surface area contributed by atoms with Gasteiger partial charge in [0.15, 0.2) is 0 Å². The maximum atomic E-state index is 11.2. The van der Waals surface area contributed by atoms with Gasteiger partial charge in [0.2, 0.25) is 5.91 Å². The summed E-state index contributed by atoms with van der Waals surface area (Å²) in [7, 11) is 0. The van der Waals surface area contributed by atoms with E-state index in [4.69, 9.17) is 10.5 Å². The number of carbonyl (C=O) groups is 1. The number of rotatable bonds is 3. The fourth-order valence-electron chi connectivity index (χ4n) is 2.01. The topological polar surface area (TPSA) is 81.0 Å². The number of H-pyrrole nitrogens is 1. The maximum absolute atomic E-state index is 11.2. The number of nitrogens with zero attached hydrogens (tertiary/aromatic N) is 1. The number of pyridine rings is 1. The first-order valence-electron chi connectivity index (χ1n) is 6.15. The SMILES string of the molecule is Cc1ccc(C(N)=O)cc1Oc1ccnc2[nH]ccc12. The van der Waals surface area contributed by atoms with Crippen LogP contribution in [0.3, 0.4) is 0 Å². The van der Waals surface area contributed by atoms with Gasteiger partial charge in [-0.1, -0.05) is 6.07 Å². The molecule has 0 unspecified atom stereocenters. The zero-order valence-electron chi connectivity index (χ0n) is 10.9. The number of aromatic nitrogens is 2. The van der Waals surface area contributed by atoms with Crippen LogP contribution in [-0.4, -0.2) is 15.9 Å². The lowest BCUT2D eigenvalue weighted by Gasteiger charge is -2.10. The van der Waals surface area contributed by atoms with Crippen molar-refractivity contribution in [2.75, 3.05) is 0 Å². The molecule has 1 amide bonds. The van der Waals surface area contributed by atoms with Crippen molar-refractivity contribution in [3.05, 3.63) is 53.9 Å². The Balaban J connectivity index is 2.04. The average molecular weight is 267 g/mol. The van der Waals surface area contributed by atoms with E-state index >= 15 is 0 Å². The Labute approximate surface area is 115 Å². The maximum Gasteiger partial charge on any atom is 0.248 e. The summed E-state index contributed by atoms with van der Waals surface area (Å²) in [4.78, 5) is 18.5. The largest absolute Gasteiger partial charge is 0.456 e. The molecule has 3 rings (SSSR count). The van der Waals surface area contributed by atoms with Crippen molar-refractivity contribution in [1.82, 2.24) is 9.97 Å². The average Bonchev–Trinajstić information content (AvgIpc) is 2.90. The Morgan fingerprint density at radius 2 is 2.10 bits per heavy atom. The van der Waals surface area contributed by atoms with E-state index in [2.05, 4.69) is 9.97 Å². The fraction of sp³-hybridized carbons (Fsp3) is 0.0667. The van der Waals surface area contributed by atoms with E-state index in [9.17, 15) is 4.79 Å². The molecule has 0 saturated heterocycles. The van der Waals surface area contributed by atoms with Crippen molar-refractivity contribution in [2.45, 2.75) is 6.92 Å². The molecule has 1 aromatic carbocycles. The molecule has 100 valence electrons. The lowest BCUT2D eigenvalue weighted by atomic mass is 10.1. The van der Waals surface area contributed by atoms with Crippen LogP contribution in [0, 0.1) is 6.92 Å². The Kier molecular flexibility index (Phi) is 2.87. The molecule has 0 radical (unpaired) electrons. The number of carbonyl (C=O) groups excluding carboxylic acids is 1. The van der Waals surface area contributed by atoms with E-state index < -0.39 is 5.91 Å². The monoisotopic (exact) mass is 267 g/mol. The van der Waals surface area contributed by atoms with Crippen molar-refractivity contribution < 1.29 is 9.53 Å². The molecule has 5 nitrogen and oxygen atoms in total. The predicted molar refractivity (Wildman–Crippen MR) is 75.9 cm³/mol. The van der Waals surface area contributed by atoms with Gasteiger partial charge < -0.3 is 15.5 Å². The van der Waals surface area contributed by atoms with Crippen LogP contribution in [-0.2, 0) is 0 Å². The molecule has 0 aliphatic heterocycles. The molecule has 0 fully saturated rings. The summed E-state index contributed by atoms with van der Waals surface area (Å²) in [6.45, 7) is 1.91. The van der Waals surface area contributed by atoms with Crippen molar-refractivity contribution in [2.24, 2.45) is 5.73 Å². The number of aryl methyl sites for hydroxylation is 1. The summed E-state index contributed by atoms with van der Waals surface area (Å²) in [6.07, 6.45) is 3.47. The van der Waals surface area contributed by atoms with Crippen LogP contribution in [0.1, 0.15) is 15.9 Å². The highest BCUT2D eigenvalue weighted by atomic mass is 16.5. The number of hydrogen-bond donors (Lipinski definition) is 2. The number of ether oxygens (including phenoxy) is 1. The number of nitrogens with two attached hydrogens (primary N) is 1. The molecular weight excluding hydrogens is 254 g/mol. The number of amides is 1. The third-order valence-electron chi connectivity index (χ3n) is 3.11. The summed E-state index contributed by atoms with van der Waals surface area (Å²) in [5.74, 6) is 0.812. The van der Waals surface area contributed by atoms with Crippen molar-refractivity contribution in [3.63, 3.8) is 0 Å². The number of fused-ring (bicyclic) bond motifs is 1. The molecule has 2 aromatic heterocycles. The van der Waals surface area contributed by atoms with Gasteiger partial charge in [0.1, 0.15) is 17.1 Å². The molecular formula is C15H13N3O2. The second-order valence-electron chi connectivity index (χ2n) is 4.50. The normalized spacial score (nSPS) is 10.7. The van der Waals surface area contributed by atoms with Gasteiger partial charge in [-0.2, -0.15) is 0 Å². The number of nitrogens with one attached hydrogen (secondary N) is 1. The quantitative estimate of drug-likeness (QED) is 0.765. The standard InChI is InChI=1S/C15H13N3O2/c1-9-2-3-10(14(16)19)8-13(9)20-12-5-7-18-15-11(12)4-6-17-15/h2-8H,1H3,(H2,16,19)(H,17,18). The highest BCUT2D eigenvalue weighted by Gasteiger charge is 2.09. The lowest BCUT2D eigenvalue weighted by molar-refractivity contribution is 0.1000. The molecule has 0 spiro atoms. The van der Waals surface area contributed by atoms with Gasteiger partial charge in [0, 0.05) is 18.0 Å². The van der Waals surface area contributed by atoms with Crippen LogP contribution in [0.5, 0.6) is 11.5 Å². The van der Waals surface area contributed by atoms with E-state index in [0.29, 0.717) is 17.1 Å². The van der Waals surface area contributed by atoms with E-state index in [-0.39, 0.29) is 0 Å². The van der Waals surface area contributed by atoms with Crippen LogP contribution in [0.2, 0.25) is 0 Å². The predicted octanol–water partition coefficient (Wildman–Crippen LogP) is 2.76. The van der Waals surface area contributed by atoms with Gasteiger partial charge >= 0.3 is 0 Å². The minimum absolute atomic E-state index is 0.421. The van der Waals surface area contributed by atoms with E-state index in [0.717, 1.165) is 16.6 Å². The van der Waals surface area contributed by atoms with Crippen molar-refractivity contribution in [1.29, 1.82) is 0 Å². The third-order valence-corrected chi connectivity index (χ3v) is 3.11. The molecule has 3 N–H and O–H groups in total. The third kappa shape index (κ3) is 2.09. The van der Waals surface area contributed by atoms with Crippen molar-refractivity contribution >= 4 is 16.9 Å². The number of hydrogen-bond acceptors (Lipinski definition) is 3. The van der Waals surface area contributed by atoms with Gasteiger partial charge in [-0.05, 0) is 36.8 Å². The molecule has 3 aromatic rings. The van der Waals surface area contributed by atoms with E-state index in [1.807, 2.05) is 19.1 Å². The molecule has 0 bridgehead atoms. The lowest BCUT2D eigenvalue weighted by Crippen LogP contribution is -2.10.